The summed E-state index contributed by atoms with van der Waals surface area (Å²) >= 11 is 6.38. The van der Waals surface area contributed by atoms with E-state index in [-0.39, 0.29) is 23.2 Å². The first-order valence-electron chi connectivity index (χ1n) is 9.94. The number of hydrogen-bond donors (Lipinski definition) is 1. The molecule has 0 unspecified atom stereocenters. The van der Waals surface area contributed by atoms with Crippen molar-refractivity contribution in [3.63, 3.8) is 0 Å². The number of carbonyl (C=O) groups excluding carboxylic acids is 1. The molecule has 0 spiro atoms. The zero-order valence-corrected chi connectivity index (χ0v) is 17.6. The lowest BCUT2D eigenvalue weighted by Gasteiger charge is -2.27. The number of carbonyl (C=O) groups is 2. The third-order valence-electron chi connectivity index (χ3n) is 6.41. The van der Waals surface area contributed by atoms with Gasteiger partial charge in [0.05, 0.1) is 13.2 Å². The number of aromatic carboxylic acids is 1. The average Bonchev–Trinajstić information content (AvgIpc) is 3.42. The number of halogens is 1. The van der Waals surface area contributed by atoms with Crippen molar-refractivity contribution in [3.8, 4) is 11.5 Å². The number of fused-ring (bicyclic) bond motifs is 1. The van der Waals surface area contributed by atoms with E-state index in [4.69, 9.17) is 26.2 Å². The third kappa shape index (κ3) is 3.49. The number of methoxy groups -OCH3 is 1. The van der Waals surface area contributed by atoms with Crippen molar-refractivity contribution in [2.24, 2.45) is 11.3 Å². The van der Waals surface area contributed by atoms with E-state index in [1.54, 1.807) is 18.1 Å². The Balaban J connectivity index is 1.46. The minimum absolute atomic E-state index is 0.0140. The van der Waals surface area contributed by atoms with E-state index < -0.39 is 5.97 Å². The number of amides is 1. The molecule has 2 aliphatic rings. The van der Waals surface area contributed by atoms with Crippen LogP contribution in [-0.2, 0) is 0 Å². The van der Waals surface area contributed by atoms with Crippen molar-refractivity contribution >= 4 is 23.6 Å². The zero-order valence-electron chi connectivity index (χ0n) is 16.9. The number of hydrogen-bond acceptors (Lipinski definition) is 5. The molecule has 4 rings (SSSR count). The summed E-state index contributed by atoms with van der Waals surface area (Å²) < 4.78 is 12.6. The summed E-state index contributed by atoms with van der Waals surface area (Å²) in [7, 11) is 1.57. The maximum atomic E-state index is 12.8. The molecule has 1 aromatic carbocycles. The summed E-state index contributed by atoms with van der Waals surface area (Å²) in [4.78, 5) is 25.6. The van der Waals surface area contributed by atoms with Gasteiger partial charge < -0.3 is 19.5 Å². The molecule has 2 fully saturated rings. The normalized spacial score (nSPS) is 25.2. The fraction of sp³-hybridized carbons (Fsp3) is 0.476. The molecule has 3 atom stereocenters. The number of carboxylic acids is 1. The molecule has 1 saturated carbocycles. The van der Waals surface area contributed by atoms with Crippen molar-refractivity contribution in [1.29, 1.82) is 0 Å². The predicted octanol–water partition coefficient (Wildman–Crippen LogP) is 3.78. The molecule has 1 N–H and O–H groups in total. The van der Waals surface area contributed by atoms with E-state index in [1.807, 2.05) is 12.1 Å². The van der Waals surface area contributed by atoms with Crippen LogP contribution in [0.25, 0.3) is 0 Å². The quantitative estimate of drug-likeness (QED) is 0.771. The van der Waals surface area contributed by atoms with E-state index in [0.717, 1.165) is 23.9 Å². The summed E-state index contributed by atoms with van der Waals surface area (Å²) in [5, 5.41) is 13.4. The highest BCUT2D eigenvalue weighted by molar-refractivity contribution is 6.33. The fourth-order valence-corrected chi connectivity index (χ4v) is 5.08. The van der Waals surface area contributed by atoms with E-state index in [1.165, 1.54) is 12.3 Å². The van der Waals surface area contributed by atoms with E-state index in [0.29, 0.717) is 35.5 Å². The maximum Gasteiger partial charge on any atom is 0.356 e. The molecule has 1 saturated heterocycles. The Morgan fingerprint density at radius 1 is 1.33 bits per heavy atom. The van der Waals surface area contributed by atoms with E-state index in [2.05, 4.69) is 12.0 Å². The van der Waals surface area contributed by atoms with Crippen molar-refractivity contribution in [2.75, 3.05) is 20.2 Å². The van der Waals surface area contributed by atoms with Gasteiger partial charge in [0.2, 0.25) is 0 Å². The van der Waals surface area contributed by atoms with Gasteiger partial charge >= 0.3 is 12.0 Å². The lowest BCUT2D eigenvalue weighted by molar-refractivity contribution is 0.0690. The fourth-order valence-electron chi connectivity index (χ4n) is 4.83. The molecule has 9 heteroatoms. The maximum absolute atomic E-state index is 12.8. The molecule has 0 bridgehead atoms. The highest BCUT2D eigenvalue weighted by atomic mass is 35.5. The first-order chi connectivity index (χ1) is 14.4. The van der Waals surface area contributed by atoms with Crippen LogP contribution < -0.4 is 9.47 Å². The highest BCUT2D eigenvalue weighted by Gasteiger charge is 2.53. The SMILES string of the molecule is CC[C@]12C[C@H](Oc3cccc(OC)c3Cl)C[C@H]1CN(C(=O)n1ccc(C(=O)O)n1)C2. The minimum atomic E-state index is -1.15. The summed E-state index contributed by atoms with van der Waals surface area (Å²) in [6.07, 6.45) is 3.98. The first-order valence-corrected chi connectivity index (χ1v) is 10.3. The van der Waals surface area contributed by atoms with Gasteiger partial charge in [-0.2, -0.15) is 9.78 Å². The molecule has 1 amide bonds. The summed E-state index contributed by atoms with van der Waals surface area (Å²) in [5.74, 6) is 0.337. The van der Waals surface area contributed by atoms with Gasteiger partial charge in [0.1, 0.15) is 16.5 Å². The molecule has 30 heavy (non-hydrogen) atoms. The molecular weight excluding hydrogens is 410 g/mol. The molecule has 0 radical (unpaired) electrons. The van der Waals surface area contributed by atoms with Crippen LogP contribution in [0.1, 0.15) is 36.7 Å². The van der Waals surface area contributed by atoms with Gasteiger partial charge in [-0.1, -0.05) is 24.6 Å². The van der Waals surface area contributed by atoms with Crippen LogP contribution in [0.5, 0.6) is 11.5 Å². The van der Waals surface area contributed by atoms with Gasteiger partial charge in [-0.05, 0) is 48.8 Å². The second-order valence-corrected chi connectivity index (χ2v) is 8.36. The largest absolute Gasteiger partial charge is 0.495 e. The summed E-state index contributed by atoms with van der Waals surface area (Å²) in [6.45, 7) is 3.33. The molecule has 1 aliphatic heterocycles. The number of ether oxygens (including phenoxy) is 2. The molecule has 1 aliphatic carbocycles. The Labute approximate surface area is 179 Å². The summed E-state index contributed by atoms with van der Waals surface area (Å²) in [5.41, 5.74) is -0.175. The van der Waals surface area contributed by atoms with Crippen LogP contribution in [-0.4, -0.2) is 58.1 Å². The van der Waals surface area contributed by atoms with Crippen molar-refractivity contribution in [1.82, 2.24) is 14.7 Å². The molecular formula is C21H24ClN3O5. The molecule has 2 aromatic rings. The van der Waals surface area contributed by atoms with Gasteiger partial charge in [0.25, 0.3) is 0 Å². The van der Waals surface area contributed by atoms with Crippen LogP contribution >= 0.6 is 11.6 Å². The van der Waals surface area contributed by atoms with Crippen LogP contribution in [0, 0.1) is 11.3 Å². The lowest BCUT2D eigenvalue weighted by Crippen LogP contribution is -2.36. The van der Waals surface area contributed by atoms with Crippen molar-refractivity contribution in [3.05, 3.63) is 41.2 Å². The number of benzene rings is 1. The average molecular weight is 434 g/mol. The van der Waals surface area contributed by atoms with Crippen LogP contribution in [0.4, 0.5) is 4.79 Å². The summed E-state index contributed by atoms with van der Waals surface area (Å²) in [6, 6.07) is 6.51. The van der Waals surface area contributed by atoms with Crippen molar-refractivity contribution < 1.29 is 24.2 Å². The number of aromatic nitrogens is 2. The Morgan fingerprint density at radius 2 is 2.10 bits per heavy atom. The van der Waals surface area contributed by atoms with Gasteiger partial charge in [-0.3, -0.25) is 0 Å². The second kappa shape index (κ2) is 7.83. The second-order valence-electron chi connectivity index (χ2n) is 7.98. The smallest absolute Gasteiger partial charge is 0.356 e. The van der Waals surface area contributed by atoms with Gasteiger partial charge in [-0.25, -0.2) is 9.59 Å². The van der Waals surface area contributed by atoms with Gasteiger partial charge in [0, 0.05) is 19.3 Å². The minimum Gasteiger partial charge on any atom is -0.495 e. The highest BCUT2D eigenvalue weighted by Crippen LogP contribution is 2.52. The third-order valence-corrected chi connectivity index (χ3v) is 6.79. The van der Waals surface area contributed by atoms with Crippen molar-refractivity contribution in [2.45, 2.75) is 32.3 Å². The van der Waals surface area contributed by atoms with Crippen LogP contribution in [0.2, 0.25) is 5.02 Å². The van der Waals surface area contributed by atoms with Crippen LogP contribution in [0.3, 0.4) is 0 Å². The molecule has 1 aromatic heterocycles. The van der Waals surface area contributed by atoms with Gasteiger partial charge in [0.15, 0.2) is 5.69 Å². The van der Waals surface area contributed by atoms with E-state index in [9.17, 15) is 9.59 Å². The topological polar surface area (TPSA) is 93.9 Å². The lowest BCUT2D eigenvalue weighted by atomic mass is 9.78. The number of carboxylic acid groups (broad SMARTS) is 1. The Bertz CT molecular complexity index is 977. The Hall–Kier alpha value is -2.74. The molecule has 2 heterocycles. The Morgan fingerprint density at radius 3 is 2.73 bits per heavy atom. The standard InChI is InChI=1S/C21H24ClN3O5/c1-3-21-10-14(30-17-6-4-5-16(29-2)18(17)22)9-13(21)11-24(12-21)20(28)25-8-7-15(23-25)19(26)27/h4-8,13-14H,3,9-12H2,1-2H3,(H,26,27)/t13-,14+,21+/m0/s1. The zero-order chi connectivity index (χ0) is 21.5. The molecule has 160 valence electrons. The number of likely N-dealkylation sites (tertiary alicyclic amines) is 1. The number of rotatable bonds is 5. The first kappa shape index (κ1) is 20.5. The number of nitrogens with zero attached hydrogens (tertiary/aromatic N) is 3. The molecule has 8 nitrogen and oxygen atoms in total. The Kier molecular flexibility index (Phi) is 5.36. The predicted molar refractivity (Wildman–Crippen MR) is 109 cm³/mol. The monoisotopic (exact) mass is 433 g/mol. The van der Waals surface area contributed by atoms with E-state index >= 15 is 0 Å². The van der Waals surface area contributed by atoms with Gasteiger partial charge in [-0.15, -0.1) is 0 Å². The van der Waals surface area contributed by atoms with Crippen LogP contribution in [0.15, 0.2) is 30.5 Å².